The van der Waals surface area contributed by atoms with Crippen LogP contribution in [0.5, 0.6) is 0 Å². The van der Waals surface area contributed by atoms with Crippen molar-refractivity contribution in [1.29, 1.82) is 0 Å². The number of carbonyl (C=O) groups is 2. The molecule has 0 saturated carbocycles. The fourth-order valence-corrected chi connectivity index (χ4v) is 2.02. The minimum Gasteiger partial charge on any atom is -0.273 e. The summed E-state index contributed by atoms with van der Waals surface area (Å²) in [4.78, 5) is 23.5. The van der Waals surface area contributed by atoms with Gasteiger partial charge in [0.25, 0.3) is 5.91 Å². The predicted molar refractivity (Wildman–Crippen MR) is 84.9 cm³/mol. The molecule has 0 aromatic heterocycles. The number of benzene rings is 2. The highest BCUT2D eigenvalue weighted by molar-refractivity contribution is 9.10. The number of carbonyl (C=O) groups excluding carboxylic acids is 2. The number of hydrogen-bond acceptors (Lipinski definition) is 2. The van der Waals surface area contributed by atoms with Crippen molar-refractivity contribution >= 4 is 39.3 Å². The number of amides is 2. The molecule has 4 nitrogen and oxygen atoms in total. The zero-order valence-electron chi connectivity index (χ0n) is 10.9. The Hall–Kier alpha value is -1.85. The van der Waals surface area contributed by atoms with E-state index in [1.165, 1.54) is 0 Å². The van der Waals surface area contributed by atoms with E-state index in [-0.39, 0.29) is 12.3 Å². The van der Waals surface area contributed by atoms with Crippen LogP contribution in [-0.4, -0.2) is 11.8 Å². The van der Waals surface area contributed by atoms with Gasteiger partial charge in [-0.2, -0.15) is 0 Å². The third-order valence-electron chi connectivity index (χ3n) is 2.70. The molecule has 2 aromatic rings. The van der Waals surface area contributed by atoms with Gasteiger partial charge in [0.05, 0.1) is 6.42 Å². The molecule has 0 radical (unpaired) electrons. The Bertz CT molecular complexity index is 642. The van der Waals surface area contributed by atoms with Gasteiger partial charge in [-0.25, -0.2) is 0 Å². The van der Waals surface area contributed by atoms with Crippen molar-refractivity contribution in [3.63, 3.8) is 0 Å². The predicted octanol–water partition coefficient (Wildman–Crippen LogP) is 3.11. The Balaban J connectivity index is 1.84. The first-order chi connectivity index (χ1) is 10.0. The molecule has 0 fully saturated rings. The third kappa shape index (κ3) is 4.88. The lowest BCUT2D eigenvalue weighted by Gasteiger charge is -2.07. The van der Waals surface area contributed by atoms with Crippen molar-refractivity contribution in [3.8, 4) is 0 Å². The highest BCUT2D eigenvalue weighted by Crippen LogP contribution is 2.11. The van der Waals surface area contributed by atoms with Crippen molar-refractivity contribution < 1.29 is 9.59 Å². The van der Waals surface area contributed by atoms with Gasteiger partial charge in [-0.05, 0) is 42.0 Å². The van der Waals surface area contributed by atoms with Crippen LogP contribution in [0.2, 0.25) is 5.02 Å². The summed E-state index contributed by atoms with van der Waals surface area (Å²) >= 11 is 9.07. The van der Waals surface area contributed by atoms with Crippen LogP contribution >= 0.6 is 27.5 Å². The van der Waals surface area contributed by atoms with Gasteiger partial charge in [-0.1, -0.05) is 39.7 Å². The summed E-state index contributed by atoms with van der Waals surface area (Å²) in [5.74, 6) is -0.685. The first kappa shape index (κ1) is 15.5. The van der Waals surface area contributed by atoms with E-state index in [1.54, 1.807) is 24.3 Å². The second kappa shape index (κ2) is 7.24. The summed E-state index contributed by atoms with van der Waals surface area (Å²) in [7, 11) is 0. The Labute approximate surface area is 135 Å². The smallest absolute Gasteiger partial charge is 0.269 e. The van der Waals surface area contributed by atoms with Crippen LogP contribution in [0.3, 0.4) is 0 Å². The summed E-state index contributed by atoms with van der Waals surface area (Å²) < 4.78 is 0.947. The zero-order chi connectivity index (χ0) is 15.2. The lowest BCUT2D eigenvalue weighted by atomic mass is 10.1. The van der Waals surface area contributed by atoms with Gasteiger partial charge in [0.1, 0.15) is 0 Å². The van der Waals surface area contributed by atoms with Crippen LogP contribution in [0, 0.1) is 0 Å². The molecule has 0 heterocycles. The normalized spacial score (nSPS) is 10.0. The SMILES string of the molecule is O=C(Cc1ccc(Br)cc1)NNC(=O)c1ccc(Cl)cc1. The van der Waals surface area contributed by atoms with E-state index in [0.29, 0.717) is 10.6 Å². The standard InChI is InChI=1S/C15H12BrClN2O2/c16-12-5-1-10(2-6-12)9-14(20)18-19-15(21)11-3-7-13(17)8-4-11/h1-8H,9H2,(H,18,20)(H,19,21). The maximum absolute atomic E-state index is 11.8. The maximum atomic E-state index is 11.8. The second-order valence-corrected chi connectivity index (χ2v) is 5.66. The second-order valence-electron chi connectivity index (χ2n) is 4.31. The Kier molecular flexibility index (Phi) is 5.36. The van der Waals surface area contributed by atoms with Crippen LogP contribution in [0.25, 0.3) is 0 Å². The Morgan fingerprint density at radius 1 is 0.952 bits per heavy atom. The van der Waals surface area contributed by atoms with Crippen molar-refractivity contribution in [2.45, 2.75) is 6.42 Å². The van der Waals surface area contributed by atoms with E-state index >= 15 is 0 Å². The van der Waals surface area contributed by atoms with Crippen molar-refractivity contribution in [3.05, 3.63) is 69.2 Å². The largest absolute Gasteiger partial charge is 0.273 e. The monoisotopic (exact) mass is 366 g/mol. The zero-order valence-corrected chi connectivity index (χ0v) is 13.2. The molecule has 0 aliphatic rings. The van der Waals surface area contributed by atoms with Crippen LogP contribution in [0.4, 0.5) is 0 Å². The molecule has 108 valence electrons. The molecule has 6 heteroatoms. The molecular weight excluding hydrogens is 356 g/mol. The van der Waals surface area contributed by atoms with Gasteiger partial charge < -0.3 is 0 Å². The van der Waals surface area contributed by atoms with Gasteiger partial charge in [-0.3, -0.25) is 20.4 Å². The van der Waals surface area contributed by atoms with E-state index in [1.807, 2.05) is 24.3 Å². The van der Waals surface area contributed by atoms with Crippen LogP contribution in [-0.2, 0) is 11.2 Å². The highest BCUT2D eigenvalue weighted by atomic mass is 79.9. The molecule has 0 aliphatic heterocycles. The Morgan fingerprint density at radius 3 is 2.19 bits per heavy atom. The quantitative estimate of drug-likeness (QED) is 0.819. The number of nitrogens with one attached hydrogen (secondary N) is 2. The summed E-state index contributed by atoms with van der Waals surface area (Å²) in [6.07, 6.45) is 0.189. The maximum Gasteiger partial charge on any atom is 0.269 e. The van der Waals surface area contributed by atoms with Crippen molar-refractivity contribution in [2.24, 2.45) is 0 Å². The molecule has 0 unspecified atom stereocenters. The average molecular weight is 368 g/mol. The first-order valence-corrected chi connectivity index (χ1v) is 7.31. The summed E-state index contributed by atoms with van der Waals surface area (Å²) in [5.41, 5.74) is 6.01. The summed E-state index contributed by atoms with van der Waals surface area (Å²) in [6, 6.07) is 13.8. The van der Waals surface area contributed by atoms with Crippen LogP contribution in [0.15, 0.2) is 53.0 Å². The number of rotatable bonds is 3. The Morgan fingerprint density at radius 2 is 1.57 bits per heavy atom. The highest BCUT2D eigenvalue weighted by Gasteiger charge is 2.07. The summed E-state index contributed by atoms with van der Waals surface area (Å²) in [6.45, 7) is 0. The number of halogens is 2. The van der Waals surface area contributed by atoms with Gasteiger partial charge in [-0.15, -0.1) is 0 Å². The topological polar surface area (TPSA) is 58.2 Å². The first-order valence-electron chi connectivity index (χ1n) is 6.14. The van der Waals surface area contributed by atoms with E-state index in [2.05, 4.69) is 26.8 Å². The third-order valence-corrected chi connectivity index (χ3v) is 3.48. The van der Waals surface area contributed by atoms with Gasteiger partial charge in [0.15, 0.2) is 0 Å². The van der Waals surface area contributed by atoms with E-state index < -0.39 is 5.91 Å². The fraction of sp³-hybridized carbons (Fsp3) is 0.0667. The molecule has 21 heavy (non-hydrogen) atoms. The number of hydrazine groups is 1. The fourth-order valence-electron chi connectivity index (χ4n) is 1.63. The van der Waals surface area contributed by atoms with Crippen LogP contribution in [0.1, 0.15) is 15.9 Å². The van der Waals surface area contributed by atoms with Crippen molar-refractivity contribution in [2.75, 3.05) is 0 Å². The molecule has 2 rings (SSSR count). The van der Waals surface area contributed by atoms with Gasteiger partial charge >= 0.3 is 0 Å². The van der Waals surface area contributed by atoms with E-state index in [4.69, 9.17) is 11.6 Å². The number of hydrogen-bond donors (Lipinski definition) is 2. The molecule has 2 amide bonds. The van der Waals surface area contributed by atoms with Crippen LogP contribution < -0.4 is 10.9 Å². The van der Waals surface area contributed by atoms with Gasteiger partial charge in [0, 0.05) is 15.1 Å². The molecule has 0 bridgehead atoms. The van der Waals surface area contributed by atoms with E-state index in [9.17, 15) is 9.59 Å². The minimum absolute atomic E-state index is 0.189. The molecular formula is C15H12BrClN2O2. The minimum atomic E-state index is -0.393. The van der Waals surface area contributed by atoms with Gasteiger partial charge in [0.2, 0.25) is 5.91 Å². The average Bonchev–Trinajstić information content (AvgIpc) is 2.48. The molecule has 0 atom stereocenters. The lowest BCUT2D eigenvalue weighted by Crippen LogP contribution is -2.42. The molecule has 0 saturated heterocycles. The molecule has 2 aromatic carbocycles. The molecule has 0 aliphatic carbocycles. The molecule has 2 N–H and O–H groups in total. The summed E-state index contributed by atoms with van der Waals surface area (Å²) in [5, 5.41) is 0.547. The van der Waals surface area contributed by atoms with Crippen molar-refractivity contribution in [1.82, 2.24) is 10.9 Å². The lowest BCUT2D eigenvalue weighted by molar-refractivity contribution is -0.121. The molecule has 0 spiro atoms. The van der Waals surface area contributed by atoms with E-state index in [0.717, 1.165) is 10.0 Å².